The molecular weight excluding hydrogens is 421 g/mol. The summed E-state index contributed by atoms with van der Waals surface area (Å²) in [4.78, 5) is 10.4. The first-order valence-corrected chi connectivity index (χ1v) is 9.79. The van der Waals surface area contributed by atoms with E-state index >= 15 is 0 Å². The van der Waals surface area contributed by atoms with Gasteiger partial charge in [-0.3, -0.25) is 9.52 Å². The van der Waals surface area contributed by atoms with Gasteiger partial charge < -0.3 is 5.11 Å². The molecule has 26 heavy (non-hydrogen) atoms. The summed E-state index contributed by atoms with van der Waals surface area (Å²) < 4.78 is 27.6. The number of carbonyl (C=O) groups is 1. The number of hydrogen-bond acceptors (Lipinski definition) is 3. The van der Waals surface area contributed by atoms with Gasteiger partial charge in [0.1, 0.15) is 4.90 Å². The number of halogens is 3. The van der Waals surface area contributed by atoms with Crippen molar-refractivity contribution in [1.29, 1.82) is 0 Å². The minimum atomic E-state index is -3.99. The smallest absolute Gasteiger partial charge is 0.304 e. The number of nitrogens with one attached hydrogen (secondary N) is 1. The van der Waals surface area contributed by atoms with Crippen LogP contribution in [0.5, 0.6) is 0 Å². The molecule has 0 aliphatic carbocycles. The summed E-state index contributed by atoms with van der Waals surface area (Å²) >= 11 is 17.7. The molecule has 0 saturated heterocycles. The quantitative estimate of drug-likeness (QED) is 0.673. The molecule has 0 unspecified atom stereocenters. The van der Waals surface area contributed by atoms with E-state index in [4.69, 9.17) is 39.9 Å². The second kappa shape index (κ2) is 8.65. The van der Waals surface area contributed by atoms with Crippen molar-refractivity contribution in [1.82, 2.24) is 0 Å². The largest absolute Gasteiger partial charge is 0.481 e. The second-order valence-corrected chi connectivity index (χ2v) is 8.00. The van der Waals surface area contributed by atoms with E-state index < -0.39 is 16.0 Å². The zero-order chi connectivity index (χ0) is 19.3. The first-order chi connectivity index (χ1) is 12.2. The first-order valence-electron chi connectivity index (χ1n) is 7.17. The van der Waals surface area contributed by atoms with Gasteiger partial charge in [-0.1, -0.05) is 46.6 Å². The molecule has 0 aromatic heterocycles. The van der Waals surface area contributed by atoms with Gasteiger partial charge in [-0.05, 0) is 36.4 Å². The Balaban J connectivity index is 2.35. The van der Waals surface area contributed by atoms with E-state index in [1.807, 2.05) is 0 Å². The predicted octanol–water partition coefficient (Wildman–Crippen LogP) is 4.66. The molecule has 0 spiro atoms. The van der Waals surface area contributed by atoms with Gasteiger partial charge in [-0.15, -0.1) is 0 Å². The summed E-state index contributed by atoms with van der Waals surface area (Å²) in [5, 5.41) is 9.28. The molecule has 0 radical (unpaired) electrons. The Labute approximate surface area is 165 Å². The van der Waals surface area contributed by atoms with Gasteiger partial charge >= 0.3 is 5.97 Å². The summed E-state index contributed by atoms with van der Waals surface area (Å²) in [5.74, 6) is 4.44. The van der Waals surface area contributed by atoms with Crippen LogP contribution in [0.15, 0.2) is 41.3 Å². The molecule has 2 rings (SSSR count). The maximum absolute atomic E-state index is 12.6. The molecule has 0 aliphatic heterocycles. The molecule has 0 saturated carbocycles. The van der Waals surface area contributed by atoms with Gasteiger partial charge in [0.05, 0.1) is 22.7 Å². The third-order valence-electron chi connectivity index (χ3n) is 3.10. The maximum atomic E-state index is 12.6. The SMILES string of the molecule is O=C(O)CCC#Cc1cc(Cl)ccc1NS(=O)(=O)c1ccc(Cl)cc1Cl. The average Bonchev–Trinajstić information content (AvgIpc) is 2.53. The van der Waals surface area contributed by atoms with E-state index in [1.165, 1.54) is 36.4 Å². The van der Waals surface area contributed by atoms with Crippen molar-refractivity contribution < 1.29 is 18.3 Å². The third kappa shape index (κ3) is 5.55. The lowest BCUT2D eigenvalue weighted by Crippen LogP contribution is -2.14. The minimum Gasteiger partial charge on any atom is -0.481 e. The molecule has 0 aliphatic rings. The Morgan fingerprint density at radius 3 is 2.38 bits per heavy atom. The van der Waals surface area contributed by atoms with E-state index in [2.05, 4.69) is 16.6 Å². The van der Waals surface area contributed by atoms with Crippen molar-refractivity contribution in [2.75, 3.05) is 4.72 Å². The van der Waals surface area contributed by atoms with Crippen molar-refractivity contribution in [3.63, 3.8) is 0 Å². The highest BCUT2D eigenvalue weighted by molar-refractivity contribution is 7.92. The molecule has 0 bridgehead atoms. The van der Waals surface area contributed by atoms with E-state index in [0.717, 1.165) is 0 Å². The zero-order valence-corrected chi connectivity index (χ0v) is 16.2. The fraction of sp³-hybridized carbons (Fsp3) is 0.118. The van der Waals surface area contributed by atoms with E-state index in [9.17, 15) is 13.2 Å². The highest BCUT2D eigenvalue weighted by atomic mass is 35.5. The van der Waals surface area contributed by atoms with E-state index in [1.54, 1.807) is 0 Å². The molecular formula is C17H12Cl3NO4S. The Morgan fingerprint density at radius 2 is 1.73 bits per heavy atom. The number of rotatable bonds is 5. The van der Waals surface area contributed by atoms with E-state index in [0.29, 0.717) is 15.6 Å². The number of carboxylic acids is 1. The molecule has 9 heteroatoms. The van der Waals surface area contributed by atoms with Gasteiger partial charge in [0.2, 0.25) is 0 Å². The van der Waals surface area contributed by atoms with Crippen LogP contribution in [0, 0.1) is 11.8 Å². The fourth-order valence-corrected chi connectivity index (χ4v) is 3.95. The van der Waals surface area contributed by atoms with Gasteiger partial charge in [-0.2, -0.15) is 0 Å². The summed E-state index contributed by atoms with van der Waals surface area (Å²) in [6.07, 6.45) is 0.00601. The summed E-state index contributed by atoms with van der Waals surface area (Å²) in [5.41, 5.74) is 0.514. The van der Waals surface area contributed by atoms with Crippen LogP contribution in [0.4, 0.5) is 5.69 Å². The summed E-state index contributed by atoms with van der Waals surface area (Å²) in [6.45, 7) is 0. The standard InChI is InChI=1S/C17H12Cl3NO4S/c18-12-5-7-15(11(9-12)3-1-2-4-17(22)23)21-26(24,25)16-8-6-13(19)10-14(16)20/h5-10,21H,2,4H2,(H,22,23). The van der Waals surface area contributed by atoms with Gasteiger partial charge in [0.15, 0.2) is 0 Å². The van der Waals surface area contributed by atoms with Crippen molar-refractivity contribution in [3.05, 3.63) is 57.0 Å². The number of sulfonamides is 1. The Kier molecular flexibility index (Phi) is 6.79. The van der Waals surface area contributed by atoms with Crippen molar-refractivity contribution >= 4 is 56.5 Å². The lowest BCUT2D eigenvalue weighted by molar-refractivity contribution is -0.136. The lowest BCUT2D eigenvalue weighted by atomic mass is 10.2. The van der Waals surface area contributed by atoms with Gasteiger partial charge in [0, 0.05) is 16.5 Å². The predicted molar refractivity (Wildman–Crippen MR) is 102 cm³/mol. The average molecular weight is 433 g/mol. The zero-order valence-electron chi connectivity index (χ0n) is 13.1. The Hall–Kier alpha value is -1.91. The highest BCUT2D eigenvalue weighted by Crippen LogP contribution is 2.28. The monoisotopic (exact) mass is 431 g/mol. The van der Waals surface area contributed by atoms with Crippen molar-refractivity contribution in [3.8, 4) is 11.8 Å². The summed E-state index contributed by atoms with van der Waals surface area (Å²) in [6, 6.07) is 8.48. The first kappa shape index (κ1) is 20.4. The second-order valence-electron chi connectivity index (χ2n) is 5.07. The van der Waals surface area contributed by atoms with Crippen LogP contribution in [0.2, 0.25) is 15.1 Å². The number of benzene rings is 2. The third-order valence-corrected chi connectivity index (χ3v) is 5.41. The number of hydrogen-bond donors (Lipinski definition) is 2. The molecule has 2 aromatic carbocycles. The van der Waals surface area contributed by atoms with Crippen LogP contribution in [0.25, 0.3) is 0 Å². The topological polar surface area (TPSA) is 83.5 Å². The highest BCUT2D eigenvalue weighted by Gasteiger charge is 2.19. The van der Waals surface area contributed by atoms with Crippen molar-refractivity contribution in [2.24, 2.45) is 0 Å². The number of carboxylic acid groups (broad SMARTS) is 1. The maximum Gasteiger partial charge on any atom is 0.304 e. The fourth-order valence-electron chi connectivity index (χ4n) is 1.93. The van der Waals surface area contributed by atoms with Crippen LogP contribution in [0.1, 0.15) is 18.4 Å². The Morgan fingerprint density at radius 1 is 1.08 bits per heavy atom. The molecule has 136 valence electrons. The van der Waals surface area contributed by atoms with Crippen LogP contribution in [0.3, 0.4) is 0 Å². The molecule has 0 atom stereocenters. The van der Waals surface area contributed by atoms with Crippen LogP contribution >= 0.6 is 34.8 Å². The molecule has 2 N–H and O–H groups in total. The number of aliphatic carboxylic acids is 1. The van der Waals surface area contributed by atoms with Crippen molar-refractivity contribution in [2.45, 2.75) is 17.7 Å². The van der Waals surface area contributed by atoms with Gasteiger partial charge in [0.25, 0.3) is 10.0 Å². The summed E-state index contributed by atoms with van der Waals surface area (Å²) in [7, 11) is -3.99. The Bertz CT molecular complexity index is 1010. The van der Waals surface area contributed by atoms with E-state index in [-0.39, 0.29) is 28.4 Å². The normalized spacial score (nSPS) is 10.7. The van der Waals surface area contributed by atoms with Crippen LogP contribution < -0.4 is 4.72 Å². The van der Waals surface area contributed by atoms with Crippen LogP contribution in [-0.4, -0.2) is 19.5 Å². The minimum absolute atomic E-state index is 0.0203. The number of anilines is 1. The van der Waals surface area contributed by atoms with Gasteiger partial charge in [-0.25, -0.2) is 8.42 Å². The molecule has 5 nitrogen and oxygen atoms in total. The molecule has 2 aromatic rings. The lowest BCUT2D eigenvalue weighted by Gasteiger charge is -2.11. The molecule has 0 heterocycles. The van der Waals surface area contributed by atoms with Crippen LogP contribution in [-0.2, 0) is 14.8 Å². The molecule has 0 amide bonds. The molecule has 0 fully saturated rings.